The molecule has 0 aliphatic heterocycles. The summed E-state index contributed by atoms with van der Waals surface area (Å²) in [6, 6.07) is 16.4. The molecule has 0 aliphatic rings. The third kappa shape index (κ3) is 3.98. The van der Waals surface area contributed by atoms with E-state index in [1.807, 2.05) is 0 Å². The van der Waals surface area contributed by atoms with Crippen LogP contribution in [0.4, 0.5) is 23.2 Å². The molecule has 2 aromatic carbocycles. The highest BCUT2D eigenvalue weighted by molar-refractivity contribution is 6.06. The van der Waals surface area contributed by atoms with Gasteiger partial charge in [-0.15, -0.1) is 0 Å². The van der Waals surface area contributed by atoms with Gasteiger partial charge in [-0.25, -0.2) is 14.4 Å². The van der Waals surface area contributed by atoms with E-state index in [0.29, 0.717) is 27.7 Å². The van der Waals surface area contributed by atoms with Crippen LogP contribution in [-0.2, 0) is 6.18 Å². The van der Waals surface area contributed by atoms with Gasteiger partial charge in [-0.1, -0.05) is 18.2 Å². The van der Waals surface area contributed by atoms with Gasteiger partial charge in [0.2, 0.25) is 0 Å². The summed E-state index contributed by atoms with van der Waals surface area (Å²) in [6.45, 7) is 0. The SMILES string of the molecule is O=C(Nc1ccc(C(F)(F)F)nc1)c1ccc2nc(-c3ccccc3F)ccc2c1. The average molecular weight is 411 g/mol. The molecule has 1 N–H and O–H groups in total. The van der Waals surface area contributed by atoms with Crippen molar-refractivity contribution in [1.82, 2.24) is 9.97 Å². The van der Waals surface area contributed by atoms with Crippen LogP contribution in [0.3, 0.4) is 0 Å². The predicted octanol–water partition coefficient (Wildman–Crippen LogP) is 5.71. The van der Waals surface area contributed by atoms with Gasteiger partial charge in [0.15, 0.2) is 0 Å². The Bertz CT molecular complexity index is 1240. The van der Waals surface area contributed by atoms with Gasteiger partial charge in [-0.05, 0) is 48.5 Å². The predicted molar refractivity (Wildman–Crippen MR) is 104 cm³/mol. The van der Waals surface area contributed by atoms with Crippen molar-refractivity contribution in [3.63, 3.8) is 0 Å². The van der Waals surface area contributed by atoms with Crippen LogP contribution < -0.4 is 5.32 Å². The second kappa shape index (κ2) is 7.55. The van der Waals surface area contributed by atoms with Gasteiger partial charge in [0, 0.05) is 16.5 Å². The Balaban J connectivity index is 1.57. The van der Waals surface area contributed by atoms with Gasteiger partial charge in [-0.2, -0.15) is 13.2 Å². The summed E-state index contributed by atoms with van der Waals surface area (Å²) < 4.78 is 51.7. The van der Waals surface area contributed by atoms with Gasteiger partial charge in [0.05, 0.1) is 23.1 Å². The first-order valence-electron chi connectivity index (χ1n) is 8.81. The molecule has 0 spiro atoms. The number of alkyl halides is 3. The van der Waals surface area contributed by atoms with Gasteiger partial charge in [0.1, 0.15) is 11.5 Å². The van der Waals surface area contributed by atoms with Crippen LogP contribution in [0, 0.1) is 5.82 Å². The molecule has 0 radical (unpaired) electrons. The molecule has 0 atom stereocenters. The van der Waals surface area contributed by atoms with Gasteiger partial charge in [-0.3, -0.25) is 4.79 Å². The molecule has 150 valence electrons. The van der Waals surface area contributed by atoms with Crippen molar-refractivity contribution in [3.05, 3.63) is 90.0 Å². The molecule has 0 aliphatic carbocycles. The average Bonchev–Trinajstić information content (AvgIpc) is 2.73. The first-order valence-corrected chi connectivity index (χ1v) is 8.81. The number of anilines is 1. The van der Waals surface area contributed by atoms with Crippen molar-refractivity contribution in [2.45, 2.75) is 6.18 Å². The molecule has 30 heavy (non-hydrogen) atoms. The summed E-state index contributed by atoms with van der Waals surface area (Å²) in [7, 11) is 0. The van der Waals surface area contributed by atoms with Crippen LogP contribution in [0.5, 0.6) is 0 Å². The zero-order chi connectivity index (χ0) is 21.3. The maximum atomic E-state index is 14.0. The molecule has 2 heterocycles. The van der Waals surface area contributed by atoms with Crippen molar-refractivity contribution in [1.29, 1.82) is 0 Å². The number of aromatic nitrogens is 2. The summed E-state index contributed by atoms with van der Waals surface area (Å²) in [5, 5.41) is 3.17. The number of pyridine rings is 2. The van der Waals surface area contributed by atoms with E-state index in [2.05, 4.69) is 15.3 Å². The van der Waals surface area contributed by atoms with E-state index >= 15 is 0 Å². The molecule has 1 amide bonds. The number of hydrogen-bond acceptors (Lipinski definition) is 3. The zero-order valence-electron chi connectivity index (χ0n) is 15.2. The molecule has 4 aromatic rings. The number of halogens is 4. The Morgan fingerprint density at radius 2 is 1.73 bits per heavy atom. The highest BCUT2D eigenvalue weighted by Crippen LogP contribution is 2.28. The molecule has 2 aromatic heterocycles. The monoisotopic (exact) mass is 411 g/mol. The van der Waals surface area contributed by atoms with Crippen LogP contribution in [-0.4, -0.2) is 15.9 Å². The number of fused-ring (bicyclic) bond motifs is 1. The Morgan fingerprint density at radius 1 is 0.933 bits per heavy atom. The molecule has 0 bridgehead atoms. The van der Waals surface area contributed by atoms with Crippen molar-refractivity contribution in [2.75, 3.05) is 5.32 Å². The van der Waals surface area contributed by atoms with Gasteiger partial charge in [0.25, 0.3) is 5.91 Å². The van der Waals surface area contributed by atoms with E-state index in [4.69, 9.17) is 0 Å². The van der Waals surface area contributed by atoms with Gasteiger partial charge < -0.3 is 5.32 Å². The molecule has 0 unspecified atom stereocenters. The number of hydrogen-bond donors (Lipinski definition) is 1. The van der Waals surface area contributed by atoms with Crippen molar-refractivity contribution < 1.29 is 22.4 Å². The highest BCUT2D eigenvalue weighted by Gasteiger charge is 2.32. The molecule has 4 nitrogen and oxygen atoms in total. The largest absolute Gasteiger partial charge is 0.433 e. The molecular formula is C22H13F4N3O. The van der Waals surface area contributed by atoms with Crippen LogP contribution in [0.25, 0.3) is 22.2 Å². The fraction of sp³-hybridized carbons (Fsp3) is 0.0455. The zero-order valence-corrected chi connectivity index (χ0v) is 15.2. The summed E-state index contributed by atoms with van der Waals surface area (Å²) in [6.07, 6.45) is -3.60. The van der Waals surface area contributed by atoms with E-state index < -0.39 is 17.8 Å². The number of benzene rings is 2. The summed E-state index contributed by atoms with van der Waals surface area (Å²) in [5.41, 5.74) is 0.806. The number of amides is 1. The summed E-state index contributed by atoms with van der Waals surface area (Å²) in [5.74, 6) is -0.887. The van der Waals surface area contributed by atoms with E-state index in [9.17, 15) is 22.4 Å². The Labute approximate surface area is 168 Å². The maximum absolute atomic E-state index is 14.0. The number of carbonyl (C=O) groups excluding carboxylic acids is 1. The number of nitrogens with zero attached hydrogens (tertiary/aromatic N) is 2. The normalized spacial score (nSPS) is 11.5. The lowest BCUT2D eigenvalue weighted by molar-refractivity contribution is -0.141. The first-order chi connectivity index (χ1) is 14.3. The molecular weight excluding hydrogens is 398 g/mol. The standard InChI is InChI=1S/C22H13F4N3O/c23-17-4-2-1-3-16(17)19-9-5-13-11-14(6-8-18(13)29-19)21(30)28-15-7-10-20(27-12-15)22(24,25)26/h1-12H,(H,28,30). The highest BCUT2D eigenvalue weighted by atomic mass is 19.4. The fourth-order valence-electron chi connectivity index (χ4n) is 2.92. The minimum absolute atomic E-state index is 0.140. The number of rotatable bonds is 3. The summed E-state index contributed by atoms with van der Waals surface area (Å²) >= 11 is 0. The maximum Gasteiger partial charge on any atom is 0.433 e. The number of carbonyl (C=O) groups is 1. The minimum atomic E-state index is -4.55. The van der Waals surface area contributed by atoms with Crippen molar-refractivity contribution in [2.24, 2.45) is 0 Å². The Morgan fingerprint density at radius 3 is 2.43 bits per heavy atom. The molecule has 8 heteroatoms. The second-order valence-electron chi connectivity index (χ2n) is 6.47. The lowest BCUT2D eigenvalue weighted by Gasteiger charge is -2.09. The third-order valence-electron chi connectivity index (χ3n) is 4.41. The molecule has 0 saturated heterocycles. The molecule has 0 fully saturated rings. The van der Waals surface area contributed by atoms with Crippen molar-refractivity contribution >= 4 is 22.5 Å². The smallest absolute Gasteiger partial charge is 0.321 e. The van der Waals surface area contributed by atoms with Crippen LogP contribution in [0.2, 0.25) is 0 Å². The molecule has 0 saturated carbocycles. The Hall–Kier alpha value is -3.81. The van der Waals surface area contributed by atoms with E-state index in [0.717, 1.165) is 18.3 Å². The van der Waals surface area contributed by atoms with Crippen LogP contribution >= 0.6 is 0 Å². The first kappa shape index (κ1) is 19.5. The van der Waals surface area contributed by atoms with E-state index in [1.54, 1.807) is 42.5 Å². The van der Waals surface area contributed by atoms with Gasteiger partial charge >= 0.3 is 6.18 Å². The van der Waals surface area contributed by atoms with Crippen LogP contribution in [0.1, 0.15) is 16.1 Å². The lowest BCUT2D eigenvalue weighted by Crippen LogP contribution is -2.13. The quantitative estimate of drug-likeness (QED) is 0.440. The number of nitrogens with one attached hydrogen (secondary N) is 1. The second-order valence-corrected chi connectivity index (χ2v) is 6.47. The minimum Gasteiger partial charge on any atom is -0.321 e. The van der Waals surface area contributed by atoms with E-state index in [1.165, 1.54) is 12.1 Å². The third-order valence-corrected chi connectivity index (χ3v) is 4.41. The van der Waals surface area contributed by atoms with Crippen molar-refractivity contribution in [3.8, 4) is 11.3 Å². The molecule has 4 rings (SSSR count). The Kier molecular flexibility index (Phi) is 4.91. The summed E-state index contributed by atoms with van der Waals surface area (Å²) in [4.78, 5) is 20.2. The lowest BCUT2D eigenvalue weighted by atomic mass is 10.1. The fourth-order valence-corrected chi connectivity index (χ4v) is 2.92. The topological polar surface area (TPSA) is 54.9 Å². The van der Waals surface area contributed by atoms with Crippen LogP contribution in [0.15, 0.2) is 72.9 Å². The van der Waals surface area contributed by atoms with E-state index in [-0.39, 0.29) is 11.5 Å².